The molecular formula is C22H23N3O3S. The van der Waals surface area contributed by atoms with Crippen LogP contribution in [-0.2, 0) is 5.75 Å². The van der Waals surface area contributed by atoms with Gasteiger partial charge >= 0.3 is 0 Å². The van der Waals surface area contributed by atoms with Crippen LogP contribution in [-0.4, -0.2) is 22.2 Å². The molecule has 1 aromatic heterocycles. The van der Waals surface area contributed by atoms with Crippen LogP contribution < -0.4 is 10.1 Å². The topological polar surface area (TPSA) is 77.2 Å². The third-order valence-corrected chi connectivity index (χ3v) is 5.84. The summed E-state index contributed by atoms with van der Waals surface area (Å²) in [4.78, 5) is 17.9. The molecule has 0 saturated heterocycles. The first-order valence-corrected chi connectivity index (χ1v) is 10.7. The van der Waals surface area contributed by atoms with Gasteiger partial charge in [0, 0.05) is 17.5 Å². The monoisotopic (exact) mass is 409 g/mol. The predicted octanol–water partition coefficient (Wildman–Crippen LogP) is 5.24. The molecule has 1 aliphatic rings. The molecule has 6 nitrogen and oxygen atoms in total. The van der Waals surface area contributed by atoms with Crippen molar-refractivity contribution in [2.75, 3.05) is 5.32 Å². The largest absolute Gasteiger partial charge is 0.490 e. The van der Waals surface area contributed by atoms with Gasteiger partial charge in [0.25, 0.3) is 5.91 Å². The van der Waals surface area contributed by atoms with Crippen LogP contribution in [0.3, 0.4) is 0 Å². The Hall–Kier alpha value is -2.80. The lowest BCUT2D eigenvalue weighted by Gasteiger charge is -2.14. The van der Waals surface area contributed by atoms with Crippen LogP contribution in [0.2, 0.25) is 0 Å². The molecule has 4 rings (SSSR count). The normalized spacial score (nSPS) is 14.1. The average Bonchev–Trinajstić information content (AvgIpc) is 3.40. The maximum atomic E-state index is 12.8. The highest BCUT2D eigenvalue weighted by molar-refractivity contribution is 7.98. The van der Waals surface area contributed by atoms with Crippen molar-refractivity contribution in [2.45, 2.75) is 49.4 Å². The van der Waals surface area contributed by atoms with E-state index in [-0.39, 0.29) is 5.91 Å². The van der Waals surface area contributed by atoms with E-state index in [2.05, 4.69) is 15.5 Å². The standard InChI is InChI=1S/C22H23N3O3S/c1-15-23-21(25-28-15)14-29-20-9-5-4-8-19(20)22(26)24-16-10-12-18(13-11-16)27-17-6-2-3-7-17/h4-5,8-13,17H,2-3,6-7,14H2,1H3,(H,24,26). The zero-order valence-corrected chi connectivity index (χ0v) is 17.1. The van der Waals surface area contributed by atoms with Crippen molar-refractivity contribution >= 4 is 23.4 Å². The van der Waals surface area contributed by atoms with Gasteiger partial charge in [-0.1, -0.05) is 17.3 Å². The number of thioether (sulfide) groups is 1. The number of amides is 1. The van der Waals surface area contributed by atoms with Gasteiger partial charge in [-0.05, 0) is 62.1 Å². The van der Waals surface area contributed by atoms with E-state index in [0.29, 0.717) is 29.1 Å². The first-order valence-electron chi connectivity index (χ1n) is 9.76. The minimum Gasteiger partial charge on any atom is -0.490 e. The molecule has 3 aromatic rings. The van der Waals surface area contributed by atoms with Gasteiger partial charge in [0.05, 0.1) is 17.4 Å². The SMILES string of the molecule is Cc1nc(CSc2ccccc2C(=O)Nc2ccc(OC3CCCC3)cc2)no1. The van der Waals surface area contributed by atoms with Crippen LogP contribution in [0.5, 0.6) is 5.75 Å². The maximum absolute atomic E-state index is 12.8. The smallest absolute Gasteiger partial charge is 0.256 e. The second kappa shape index (κ2) is 9.13. The van der Waals surface area contributed by atoms with Crippen LogP contribution >= 0.6 is 11.8 Å². The molecule has 1 saturated carbocycles. The number of aromatic nitrogens is 2. The summed E-state index contributed by atoms with van der Waals surface area (Å²) < 4.78 is 11.0. The van der Waals surface area contributed by atoms with Gasteiger partial charge < -0.3 is 14.6 Å². The first kappa shape index (κ1) is 19.5. The fourth-order valence-electron chi connectivity index (χ4n) is 3.34. The lowest BCUT2D eigenvalue weighted by Crippen LogP contribution is -2.13. The van der Waals surface area contributed by atoms with Crippen LogP contribution in [0, 0.1) is 6.92 Å². The van der Waals surface area contributed by atoms with Gasteiger partial charge in [-0.2, -0.15) is 4.98 Å². The summed E-state index contributed by atoms with van der Waals surface area (Å²) in [6, 6.07) is 15.1. The Balaban J connectivity index is 1.39. The van der Waals surface area contributed by atoms with E-state index in [4.69, 9.17) is 9.26 Å². The van der Waals surface area contributed by atoms with E-state index in [1.54, 1.807) is 6.92 Å². The van der Waals surface area contributed by atoms with Gasteiger partial charge in [0.1, 0.15) is 5.75 Å². The van der Waals surface area contributed by atoms with Crippen molar-refractivity contribution in [1.29, 1.82) is 0 Å². The molecule has 2 aromatic carbocycles. The van der Waals surface area contributed by atoms with E-state index in [1.807, 2.05) is 48.5 Å². The highest BCUT2D eigenvalue weighted by Crippen LogP contribution is 2.27. The maximum Gasteiger partial charge on any atom is 0.256 e. The highest BCUT2D eigenvalue weighted by Gasteiger charge is 2.17. The molecule has 0 unspecified atom stereocenters. The van der Waals surface area contributed by atoms with Gasteiger partial charge in [-0.25, -0.2) is 0 Å². The van der Waals surface area contributed by atoms with Crippen molar-refractivity contribution < 1.29 is 14.1 Å². The molecule has 29 heavy (non-hydrogen) atoms. The second-order valence-corrected chi connectivity index (χ2v) is 8.03. The predicted molar refractivity (Wildman–Crippen MR) is 112 cm³/mol. The van der Waals surface area contributed by atoms with Crippen LogP contribution in [0.15, 0.2) is 57.9 Å². The van der Waals surface area contributed by atoms with Crippen LogP contribution in [0.4, 0.5) is 5.69 Å². The summed E-state index contributed by atoms with van der Waals surface area (Å²) >= 11 is 1.51. The van der Waals surface area contributed by atoms with Gasteiger partial charge in [-0.3, -0.25) is 4.79 Å². The van der Waals surface area contributed by atoms with Crippen molar-refractivity contribution in [1.82, 2.24) is 10.1 Å². The summed E-state index contributed by atoms with van der Waals surface area (Å²) in [6.45, 7) is 1.76. The molecular weight excluding hydrogens is 386 g/mol. The number of ether oxygens (including phenoxy) is 1. The van der Waals surface area contributed by atoms with E-state index in [9.17, 15) is 4.79 Å². The molecule has 1 aliphatic carbocycles. The zero-order valence-electron chi connectivity index (χ0n) is 16.3. The first-order chi connectivity index (χ1) is 14.2. The van der Waals surface area contributed by atoms with Crippen molar-refractivity contribution in [3.05, 3.63) is 65.8 Å². The third-order valence-electron chi connectivity index (χ3n) is 4.78. The molecule has 1 N–H and O–H groups in total. The van der Waals surface area contributed by atoms with Gasteiger partial charge in [0.15, 0.2) is 5.82 Å². The number of carbonyl (C=O) groups excluding carboxylic acids is 1. The fourth-order valence-corrected chi connectivity index (χ4v) is 4.23. The third kappa shape index (κ3) is 5.17. The summed E-state index contributed by atoms with van der Waals surface area (Å²) in [5.41, 5.74) is 1.35. The van der Waals surface area contributed by atoms with Crippen molar-refractivity contribution in [3.8, 4) is 5.75 Å². The number of benzene rings is 2. The molecule has 1 fully saturated rings. The van der Waals surface area contributed by atoms with E-state index in [0.717, 1.165) is 29.2 Å². The minimum atomic E-state index is -0.151. The number of aryl methyl sites for hydroxylation is 1. The van der Waals surface area contributed by atoms with E-state index >= 15 is 0 Å². The Kier molecular flexibility index (Phi) is 6.14. The average molecular weight is 410 g/mol. The Labute approximate surface area is 174 Å². The molecule has 150 valence electrons. The van der Waals surface area contributed by atoms with Crippen molar-refractivity contribution in [2.24, 2.45) is 0 Å². The Morgan fingerprint density at radius 2 is 1.93 bits per heavy atom. The molecule has 7 heteroatoms. The number of hydrogen-bond donors (Lipinski definition) is 1. The number of nitrogens with zero attached hydrogens (tertiary/aromatic N) is 2. The number of carbonyl (C=O) groups is 1. The lowest BCUT2D eigenvalue weighted by atomic mass is 10.2. The quantitative estimate of drug-likeness (QED) is 0.538. The lowest BCUT2D eigenvalue weighted by molar-refractivity contribution is 0.102. The molecule has 1 heterocycles. The van der Waals surface area contributed by atoms with Crippen LogP contribution in [0.25, 0.3) is 0 Å². The molecule has 0 spiro atoms. The summed E-state index contributed by atoms with van der Waals surface area (Å²) in [5, 5.41) is 6.86. The second-order valence-electron chi connectivity index (χ2n) is 7.02. The molecule has 0 aliphatic heterocycles. The number of hydrogen-bond acceptors (Lipinski definition) is 6. The van der Waals surface area contributed by atoms with E-state index < -0.39 is 0 Å². The minimum absolute atomic E-state index is 0.151. The summed E-state index contributed by atoms with van der Waals surface area (Å²) in [6.07, 6.45) is 5.04. The Morgan fingerprint density at radius 1 is 1.17 bits per heavy atom. The highest BCUT2D eigenvalue weighted by atomic mass is 32.2. The number of nitrogens with one attached hydrogen (secondary N) is 1. The van der Waals surface area contributed by atoms with E-state index in [1.165, 1.54) is 24.6 Å². The number of rotatable bonds is 7. The zero-order chi connectivity index (χ0) is 20.1. The van der Waals surface area contributed by atoms with Gasteiger partial charge in [0.2, 0.25) is 5.89 Å². The molecule has 0 atom stereocenters. The van der Waals surface area contributed by atoms with Crippen molar-refractivity contribution in [3.63, 3.8) is 0 Å². The molecule has 0 radical (unpaired) electrons. The summed E-state index contributed by atoms with van der Waals surface area (Å²) in [7, 11) is 0. The van der Waals surface area contributed by atoms with Gasteiger partial charge in [-0.15, -0.1) is 11.8 Å². The molecule has 0 bridgehead atoms. The fraction of sp³-hybridized carbons (Fsp3) is 0.318. The van der Waals surface area contributed by atoms with Crippen LogP contribution in [0.1, 0.15) is 47.8 Å². The Bertz CT molecular complexity index is 965. The molecule has 1 amide bonds. The number of anilines is 1. The summed E-state index contributed by atoms with van der Waals surface area (Å²) in [5.74, 6) is 2.38. The Morgan fingerprint density at radius 3 is 2.66 bits per heavy atom.